The number of methoxy groups -OCH3 is 1. The summed E-state index contributed by atoms with van der Waals surface area (Å²) in [7, 11) is 1.55. The summed E-state index contributed by atoms with van der Waals surface area (Å²) in [5, 5.41) is 0. The van der Waals surface area contributed by atoms with E-state index in [0.717, 1.165) is 0 Å². The Labute approximate surface area is 48.6 Å². The Balaban J connectivity index is 3.03. The maximum atomic E-state index is 9.49. The van der Waals surface area contributed by atoms with Crippen LogP contribution in [0.2, 0.25) is 0 Å². The average Bonchev–Trinajstić information content (AvgIpc) is 1.68. The van der Waals surface area contributed by atoms with Gasteiger partial charge in [0.25, 0.3) is 0 Å². The lowest BCUT2D eigenvalue weighted by Crippen LogP contribution is -2.13. The Morgan fingerprint density at radius 3 is 2.75 bits per heavy atom. The highest BCUT2D eigenvalue weighted by Gasteiger charge is 1.97. The van der Waals surface area contributed by atoms with Gasteiger partial charge in [0.1, 0.15) is 6.10 Å². The van der Waals surface area contributed by atoms with Gasteiger partial charge in [-0.3, -0.25) is 0 Å². The van der Waals surface area contributed by atoms with Crippen LogP contribution in [0.25, 0.3) is 0 Å². The van der Waals surface area contributed by atoms with Gasteiger partial charge in [0.05, 0.1) is 6.61 Å². The fourth-order valence-electron chi connectivity index (χ4n) is 0.351. The fraction of sp³-hybridized carbons (Fsp3) is 0.800. The van der Waals surface area contributed by atoms with E-state index in [1.165, 1.54) is 6.47 Å². The third-order valence-electron chi connectivity index (χ3n) is 0.651. The topological polar surface area (TPSA) is 35.5 Å². The number of ether oxygens (including phenoxy) is 2. The molecular formula is C5H9O3. The minimum absolute atomic E-state index is 0.183. The molecule has 8 heavy (non-hydrogen) atoms. The molecule has 0 aromatic carbocycles. The Morgan fingerprint density at radius 1 is 1.75 bits per heavy atom. The highest BCUT2D eigenvalue weighted by molar-refractivity contribution is 5.38. The van der Waals surface area contributed by atoms with Crippen LogP contribution in [-0.2, 0) is 14.3 Å². The van der Waals surface area contributed by atoms with E-state index in [9.17, 15) is 4.79 Å². The SMILES string of the molecule is COCC(C)O[C]=O. The Bertz CT molecular complexity index is 62.7. The van der Waals surface area contributed by atoms with Crippen molar-refractivity contribution in [2.45, 2.75) is 13.0 Å². The van der Waals surface area contributed by atoms with Crippen LogP contribution in [0.5, 0.6) is 0 Å². The van der Waals surface area contributed by atoms with E-state index >= 15 is 0 Å². The minimum Gasteiger partial charge on any atom is -0.452 e. The van der Waals surface area contributed by atoms with Gasteiger partial charge in [-0.25, -0.2) is 4.79 Å². The zero-order chi connectivity index (χ0) is 6.41. The van der Waals surface area contributed by atoms with Gasteiger partial charge < -0.3 is 9.47 Å². The van der Waals surface area contributed by atoms with Crippen molar-refractivity contribution in [2.24, 2.45) is 0 Å². The van der Waals surface area contributed by atoms with Gasteiger partial charge in [0.2, 0.25) is 0 Å². The van der Waals surface area contributed by atoms with E-state index < -0.39 is 0 Å². The first-order valence-electron chi connectivity index (χ1n) is 2.33. The van der Waals surface area contributed by atoms with Crippen molar-refractivity contribution >= 4 is 6.47 Å². The third-order valence-corrected chi connectivity index (χ3v) is 0.651. The first-order chi connectivity index (χ1) is 3.81. The number of hydrogen-bond acceptors (Lipinski definition) is 3. The average molecular weight is 117 g/mol. The molecule has 3 heteroatoms. The van der Waals surface area contributed by atoms with Crippen LogP contribution in [-0.4, -0.2) is 26.3 Å². The second-order valence-corrected chi connectivity index (χ2v) is 1.47. The monoisotopic (exact) mass is 117 g/mol. The lowest BCUT2D eigenvalue weighted by atomic mass is 10.4. The molecule has 0 saturated heterocycles. The lowest BCUT2D eigenvalue weighted by Gasteiger charge is -2.04. The van der Waals surface area contributed by atoms with Crippen molar-refractivity contribution in [1.82, 2.24) is 0 Å². The van der Waals surface area contributed by atoms with Gasteiger partial charge in [-0.15, -0.1) is 0 Å². The molecule has 0 aromatic heterocycles. The summed E-state index contributed by atoms with van der Waals surface area (Å²) in [4.78, 5) is 9.49. The van der Waals surface area contributed by atoms with Crippen molar-refractivity contribution in [3.63, 3.8) is 0 Å². The Morgan fingerprint density at radius 2 is 2.38 bits per heavy atom. The van der Waals surface area contributed by atoms with Crippen LogP contribution < -0.4 is 0 Å². The van der Waals surface area contributed by atoms with E-state index in [1.54, 1.807) is 14.0 Å². The van der Waals surface area contributed by atoms with Gasteiger partial charge in [-0.05, 0) is 6.92 Å². The zero-order valence-electron chi connectivity index (χ0n) is 5.01. The molecule has 0 amide bonds. The van der Waals surface area contributed by atoms with Crippen molar-refractivity contribution < 1.29 is 14.3 Å². The van der Waals surface area contributed by atoms with Gasteiger partial charge in [-0.1, -0.05) is 0 Å². The quantitative estimate of drug-likeness (QED) is 0.524. The number of rotatable bonds is 4. The van der Waals surface area contributed by atoms with Crippen LogP contribution in [0, 0.1) is 0 Å². The molecule has 0 aliphatic rings. The summed E-state index contributed by atoms with van der Waals surface area (Å²) in [6, 6.07) is 0. The summed E-state index contributed by atoms with van der Waals surface area (Å²) in [5.74, 6) is 0. The molecule has 0 bridgehead atoms. The summed E-state index contributed by atoms with van der Waals surface area (Å²) in [6.07, 6.45) is -0.183. The second-order valence-electron chi connectivity index (χ2n) is 1.47. The molecule has 0 aliphatic carbocycles. The van der Waals surface area contributed by atoms with Crippen molar-refractivity contribution in [2.75, 3.05) is 13.7 Å². The normalized spacial score (nSPS) is 12.8. The van der Waals surface area contributed by atoms with Crippen LogP contribution in [0.4, 0.5) is 0 Å². The smallest absolute Gasteiger partial charge is 0.417 e. The molecule has 47 valence electrons. The molecular weight excluding hydrogens is 108 g/mol. The molecule has 1 atom stereocenters. The first kappa shape index (κ1) is 7.43. The van der Waals surface area contributed by atoms with Crippen molar-refractivity contribution in [1.29, 1.82) is 0 Å². The van der Waals surface area contributed by atoms with E-state index in [2.05, 4.69) is 9.47 Å². The van der Waals surface area contributed by atoms with Crippen LogP contribution >= 0.6 is 0 Å². The van der Waals surface area contributed by atoms with Gasteiger partial charge in [0.15, 0.2) is 0 Å². The Hall–Kier alpha value is -0.570. The molecule has 0 spiro atoms. The second kappa shape index (κ2) is 4.59. The Kier molecular flexibility index (Phi) is 4.26. The predicted octanol–water partition coefficient (Wildman–Crippen LogP) is 0.105. The summed E-state index contributed by atoms with van der Waals surface area (Å²) < 4.78 is 9.00. The van der Waals surface area contributed by atoms with E-state index in [-0.39, 0.29) is 6.10 Å². The zero-order valence-corrected chi connectivity index (χ0v) is 5.01. The molecule has 3 nitrogen and oxygen atoms in total. The summed E-state index contributed by atoms with van der Waals surface area (Å²) in [6.45, 7) is 3.48. The third kappa shape index (κ3) is 3.61. The van der Waals surface area contributed by atoms with Crippen LogP contribution in [0.15, 0.2) is 0 Å². The number of carbonyl (C=O) groups excluding carboxylic acids is 1. The van der Waals surface area contributed by atoms with Crippen LogP contribution in [0.1, 0.15) is 6.92 Å². The first-order valence-corrected chi connectivity index (χ1v) is 2.33. The summed E-state index contributed by atoms with van der Waals surface area (Å²) in [5.41, 5.74) is 0. The van der Waals surface area contributed by atoms with Crippen molar-refractivity contribution in [3.05, 3.63) is 0 Å². The van der Waals surface area contributed by atoms with Gasteiger partial charge >= 0.3 is 6.47 Å². The predicted molar refractivity (Wildman–Crippen MR) is 28.1 cm³/mol. The van der Waals surface area contributed by atoms with Crippen LogP contribution in [0.3, 0.4) is 0 Å². The maximum absolute atomic E-state index is 9.49. The molecule has 0 aliphatic heterocycles. The lowest BCUT2D eigenvalue weighted by molar-refractivity contribution is 0.0816. The van der Waals surface area contributed by atoms with E-state index in [0.29, 0.717) is 6.61 Å². The summed E-state index contributed by atoms with van der Waals surface area (Å²) >= 11 is 0. The highest BCUT2D eigenvalue weighted by atomic mass is 16.6. The van der Waals surface area contributed by atoms with E-state index in [4.69, 9.17) is 0 Å². The number of hydrogen-bond donors (Lipinski definition) is 0. The minimum atomic E-state index is -0.183. The molecule has 0 rings (SSSR count). The molecule has 0 fully saturated rings. The van der Waals surface area contributed by atoms with Gasteiger partial charge in [-0.2, -0.15) is 0 Å². The largest absolute Gasteiger partial charge is 0.452 e. The highest BCUT2D eigenvalue weighted by Crippen LogP contribution is 1.85. The van der Waals surface area contributed by atoms with Gasteiger partial charge in [0, 0.05) is 7.11 Å². The van der Waals surface area contributed by atoms with Crippen molar-refractivity contribution in [3.8, 4) is 0 Å². The maximum Gasteiger partial charge on any atom is 0.417 e. The fourth-order valence-corrected chi connectivity index (χ4v) is 0.351. The molecule has 0 aromatic rings. The molecule has 0 heterocycles. The molecule has 0 N–H and O–H groups in total. The molecule has 1 radical (unpaired) electrons. The standard InChI is InChI=1S/C5H9O3/c1-5(3-7-2)8-4-6/h5H,3H2,1-2H3. The van der Waals surface area contributed by atoms with E-state index in [1.807, 2.05) is 0 Å². The molecule has 1 unspecified atom stereocenters. The molecule has 0 saturated carbocycles.